The largest absolute Gasteiger partial charge is 0.481 e. The summed E-state index contributed by atoms with van der Waals surface area (Å²) in [4.78, 5) is 9.00. The zero-order valence-electron chi connectivity index (χ0n) is 20.2. The summed E-state index contributed by atoms with van der Waals surface area (Å²) in [6.45, 7) is 1.03. The van der Waals surface area contributed by atoms with E-state index < -0.39 is 42.3 Å². The fourth-order valence-corrected chi connectivity index (χ4v) is 4.22. The van der Waals surface area contributed by atoms with Gasteiger partial charge in [0.25, 0.3) is 5.97 Å². The van der Waals surface area contributed by atoms with E-state index in [1.54, 1.807) is 0 Å². The maximum absolute atomic E-state index is 10.6. The first-order valence-electron chi connectivity index (χ1n) is 11.5. The highest BCUT2D eigenvalue weighted by molar-refractivity contribution is 5.63. The molecule has 5 atom stereocenters. The van der Waals surface area contributed by atoms with Crippen molar-refractivity contribution in [3.63, 3.8) is 0 Å². The van der Waals surface area contributed by atoms with Crippen LogP contribution in [0.5, 0.6) is 0 Å². The Labute approximate surface area is 210 Å². The van der Waals surface area contributed by atoms with Crippen LogP contribution in [0.4, 0.5) is 0 Å². The molecule has 8 heteroatoms. The van der Waals surface area contributed by atoms with Crippen molar-refractivity contribution in [2.45, 2.75) is 43.2 Å². The minimum atomic E-state index is -1.41. The first kappa shape index (κ1) is 27.5. The zero-order chi connectivity index (χ0) is 26.1. The van der Waals surface area contributed by atoms with E-state index >= 15 is 0 Å². The Kier molecular flexibility index (Phi) is 9.72. The standard InChI is InChI=1S/C26H28O6.C2H4O2/c1-30-25-24(29)23(28)22(27)21(32-25)17-31-26(18-11-5-2-6-12-18,19-13-7-3-8-14-19)20-15-9-4-10-16-20;1-2(3)4/h2-16,21-25,27-29H,17H2,1H3;1H3,(H,3,4). The fourth-order valence-electron chi connectivity index (χ4n) is 4.22. The third kappa shape index (κ3) is 6.17. The molecule has 3 aromatic rings. The van der Waals surface area contributed by atoms with Crippen LogP contribution in [0.3, 0.4) is 0 Å². The van der Waals surface area contributed by atoms with E-state index in [-0.39, 0.29) is 6.61 Å². The molecule has 0 spiro atoms. The van der Waals surface area contributed by atoms with Crippen LogP contribution in [0, 0.1) is 0 Å². The Morgan fingerprint density at radius 1 is 0.778 bits per heavy atom. The number of rotatable bonds is 7. The fraction of sp³-hybridized carbons (Fsp3) is 0.321. The van der Waals surface area contributed by atoms with Gasteiger partial charge in [0.15, 0.2) is 6.29 Å². The lowest BCUT2D eigenvalue weighted by Gasteiger charge is -2.42. The predicted molar refractivity (Wildman–Crippen MR) is 132 cm³/mol. The molecule has 0 radical (unpaired) electrons. The van der Waals surface area contributed by atoms with E-state index in [0.717, 1.165) is 23.6 Å². The zero-order valence-corrected chi connectivity index (χ0v) is 20.2. The number of carboxylic acids is 1. The minimum absolute atomic E-state index is 0.0521. The molecule has 36 heavy (non-hydrogen) atoms. The summed E-state index contributed by atoms with van der Waals surface area (Å²) in [5.74, 6) is -0.833. The molecule has 0 amide bonds. The van der Waals surface area contributed by atoms with Gasteiger partial charge >= 0.3 is 0 Å². The predicted octanol–water partition coefficient (Wildman–Crippen LogP) is 2.54. The van der Waals surface area contributed by atoms with Gasteiger partial charge in [-0.2, -0.15) is 0 Å². The van der Waals surface area contributed by atoms with E-state index in [2.05, 4.69) is 0 Å². The molecule has 0 aromatic heterocycles. The van der Waals surface area contributed by atoms with Crippen LogP contribution in [0.25, 0.3) is 0 Å². The number of hydrogen-bond donors (Lipinski definition) is 4. The molecule has 0 aliphatic carbocycles. The Bertz CT molecular complexity index is 958. The van der Waals surface area contributed by atoms with Crippen molar-refractivity contribution in [1.29, 1.82) is 0 Å². The van der Waals surface area contributed by atoms with Gasteiger partial charge in [-0.05, 0) is 16.7 Å². The van der Waals surface area contributed by atoms with Crippen molar-refractivity contribution in [3.05, 3.63) is 108 Å². The van der Waals surface area contributed by atoms with Crippen molar-refractivity contribution in [1.82, 2.24) is 0 Å². The van der Waals surface area contributed by atoms with Gasteiger partial charge in [-0.25, -0.2) is 0 Å². The Morgan fingerprint density at radius 2 is 1.17 bits per heavy atom. The smallest absolute Gasteiger partial charge is 0.300 e. The minimum Gasteiger partial charge on any atom is -0.481 e. The molecule has 8 nitrogen and oxygen atoms in total. The van der Waals surface area contributed by atoms with Crippen LogP contribution in [-0.2, 0) is 24.6 Å². The summed E-state index contributed by atoms with van der Waals surface area (Å²) in [6.07, 6.45) is -6.08. The van der Waals surface area contributed by atoms with Crippen molar-refractivity contribution in [2.75, 3.05) is 13.7 Å². The summed E-state index contributed by atoms with van der Waals surface area (Å²) in [5.41, 5.74) is 1.74. The quantitative estimate of drug-likeness (QED) is 0.368. The molecule has 1 saturated heterocycles. The number of aliphatic hydroxyl groups excluding tert-OH is 3. The highest BCUT2D eigenvalue weighted by Gasteiger charge is 2.46. The molecular weight excluding hydrogens is 464 g/mol. The monoisotopic (exact) mass is 496 g/mol. The second-order valence-corrected chi connectivity index (χ2v) is 8.36. The number of benzene rings is 3. The molecule has 4 rings (SSSR count). The lowest BCUT2D eigenvalue weighted by molar-refractivity contribution is -0.299. The Morgan fingerprint density at radius 3 is 1.53 bits per heavy atom. The maximum Gasteiger partial charge on any atom is 0.300 e. The number of carbonyl (C=O) groups is 1. The maximum atomic E-state index is 10.6. The van der Waals surface area contributed by atoms with Crippen molar-refractivity contribution in [3.8, 4) is 0 Å². The SMILES string of the molecule is CC(=O)O.COC1OC(COC(c2ccccc2)(c2ccccc2)c2ccccc2)C(O)C(O)C1O. The van der Waals surface area contributed by atoms with Crippen LogP contribution >= 0.6 is 0 Å². The first-order chi connectivity index (χ1) is 17.3. The summed E-state index contributed by atoms with van der Waals surface area (Å²) >= 11 is 0. The number of aliphatic hydroxyl groups is 3. The normalized spacial score (nSPS) is 23.9. The number of carboxylic acid groups (broad SMARTS) is 1. The average Bonchev–Trinajstić information content (AvgIpc) is 2.90. The summed E-state index contributed by atoms with van der Waals surface area (Å²) in [5, 5.41) is 38.3. The Hall–Kier alpha value is -3.11. The number of hydrogen-bond acceptors (Lipinski definition) is 7. The molecule has 0 saturated carbocycles. The van der Waals surface area contributed by atoms with Crippen molar-refractivity contribution < 1.29 is 39.4 Å². The molecule has 1 heterocycles. The van der Waals surface area contributed by atoms with Gasteiger partial charge < -0.3 is 34.6 Å². The molecule has 1 fully saturated rings. The van der Waals surface area contributed by atoms with E-state index in [4.69, 9.17) is 24.1 Å². The average molecular weight is 497 g/mol. The van der Waals surface area contributed by atoms with E-state index in [9.17, 15) is 15.3 Å². The molecular formula is C28H32O8. The van der Waals surface area contributed by atoms with Crippen LogP contribution in [0.2, 0.25) is 0 Å². The molecule has 4 N–H and O–H groups in total. The van der Waals surface area contributed by atoms with Gasteiger partial charge in [0.2, 0.25) is 0 Å². The van der Waals surface area contributed by atoms with Crippen LogP contribution < -0.4 is 0 Å². The van der Waals surface area contributed by atoms with Gasteiger partial charge in [-0.3, -0.25) is 4.79 Å². The van der Waals surface area contributed by atoms with Gasteiger partial charge in [-0.1, -0.05) is 91.0 Å². The molecule has 3 aromatic carbocycles. The van der Waals surface area contributed by atoms with Gasteiger partial charge in [0.1, 0.15) is 30.0 Å². The summed E-state index contributed by atoms with van der Waals surface area (Å²) in [7, 11) is 1.37. The second-order valence-electron chi connectivity index (χ2n) is 8.36. The van der Waals surface area contributed by atoms with Crippen LogP contribution in [-0.4, -0.2) is 70.8 Å². The second kappa shape index (κ2) is 12.7. The third-order valence-corrected chi connectivity index (χ3v) is 5.91. The van der Waals surface area contributed by atoms with E-state index in [1.165, 1.54) is 7.11 Å². The van der Waals surface area contributed by atoms with Gasteiger partial charge in [0.05, 0.1) is 6.61 Å². The van der Waals surface area contributed by atoms with E-state index in [0.29, 0.717) is 0 Å². The summed E-state index contributed by atoms with van der Waals surface area (Å²) in [6, 6.07) is 29.5. The highest BCUT2D eigenvalue weighted by atomic mass is 16.7. The first-order valence-corrected chi connectivity index (χ1v) is 11.5. The third-order valence-electron chi connectivity index (χ3n) is 5.91. The van der Waals surface area contributed by atoms with Crippen molar-refractivity contribution in [2.24, 2.45) is 0 Å². The van der Waals surface area contributed by atoms with E-state index in [1.807, 2.05) is 91.0 Å². The molecule has 1 aliphatic heterocycles. The Balaban J connectivity index is 0.000000840. The lowest BCUT2D eigenvalue weighted by atomic mass is 9.80. The molecule has 0 bridgehead atoms. The van der Waals surface area contributed by atoms with Gasteiger partial charge in [-0.15, -0.1) is 0 Å². The number of ether oxygens (including phenoxy) is 3. The topological polar surface area (TPSA) is 126 Å². The van der Waals surface area contributed by atoms with Gasteiger partial charge in [0, 0.05) is 14.0 Å². The number of methoxy groups -OCH3 is 1. The summed E-state index contributed by atoms with van der Waals surface area (Å²) < 4.78 is 17.5. The molecule has 1 aliphatic rings. The highest BCUT2D eigenvalue weighted by Crippen LogP contribution is 2.41. The van der Waals surface area contributed by atoms with Crippen molar-refractivity contribution >= 4 is 5.97 Å². The molecule has 5 unspecified atom stereocenters. The van der Waals surface area contributed by atoms with Crippen LogP contribution in [0.15, 0.2) is 91.0 Å². The number of aliphatic carboxylic acids is 1. The lowest BCUT2D eigenvalue weighted by Crippen LogP contribution is -2.59. The molecule has 192 valence electrons. The van der Waals surface area contributed by atoms with Crippen LogP contribution in [0.1, 0.15) is 23.6 Å².